The summed E-state index contributed by atoms with van der Waals surface area (Å²) in [7, 11) is 0. The van der Waals surface area contributed by atoms with Crippen LogP contribution in [-0.2, 0) is 22.4 Å². The molecule has 23 heavy (non-hydrogen) atoms. The van der Waals surface area contributed by atoms with Crippen LogP contribution < -0.4 is 5.56 Å². The Kier molecular flexibility index (Phi) is 4.53. The molecule has 2 atom stereocenters. The number of hydrogen-bond donors (Lipinski definition) is 0. The van der Waals surface area contributed by atoms with Crippen molar-refractivity contribution in [3.05, 3.63) is 27.1 Å². The Morgan fingerprint density at radius 2 is 2.35 bits per heavy atom. The number of thiophene rings is 1. The molecule has 0 amide bonds. The Balaban J connectivity index is 2.02. The molecule has 0 fully saturated rings. The SMILES string of the molecule is CCCOC(=O)[C@@H](C)n1cnc2sc3c(c2c1=O)CC[C@@H](C)C3. The van der Waals surface area contributed by atoms with Gasteiger partial charge in [0.1, 0.15) is 10.9 Å². The summed E-state index contributed by atoms with van der Waals surface area (Å²) in [5.41, 5.74) is 1.02. The number of hydrogen-bond acceptors (Lipinski definition) is 5. The summed E-state index contributed by atoms with van der Waals surface area (Å²) >= 11 is 1.62. The number of fused-ring (bicyclic) bond motifs is 3. The zero-order chi connectivity index (χ0) is 16.6. The van der Waals surface area contributed by atoms with E-state index < -0.39 is 6.04 Å². The summed E-state index contributed by atoms with van der Waals surface area (Å²) in [5, 5.41) is 0.703. The Hall–Kier alpha value is -1.69. The van der Waals surface area contributed by atoms with E-state index in [4.69, 9.17) is 4.74 Å². The Morgan fingerprint density at radius 3 is 3.09 bits per heavy atom. The molecule has 0 saturated heterocycles. The van der Waals surface area contributed by atoms with Crippen molar-refractivity contribution in [1.82, 2.24) is 9.55 Å². The van der Waals surface area contributed by atoms with Crippen molar-refractivity contribution < 1.29 is 9.53 Å². The number of aryl methyl sites for hydroxylation is 1. The van der Waals surface area contributed by atoms with Gasteiger partial charge in [-0.3, -0.25) is 9.36 Å². The van der Waals surface area contributed by atoms with Crippen LogP contribution >= 0.6 is 11.3 Å². The van der Waals surface area contributed by atoms with Crippen LogP contribution in [0.3, 0.4) is 0 Å². The van der Waals surface area contributed by atoms with Gasteiger partial charge in [0.15, 0.2) is 0 Å². The average molecular weight is 334 g/mol. The quantitative estimate of drug-likeness (QED) is 0.806. The molecule has 0 N–H and O–H groups in total. The van der Waals surface area contributed by atoms with Gasteiger partial charge in [-0.15, -0.1) is 11.3 Å². The predicted octanol–water partition coefficient (Wildman–Crippen LogP) is 3.10. The van der Waals surface area contributed by atoms with E-state index in [2.05, 4.69) is 11.9 Å². The fourth-order valence-electron chi connectivity index (χ4n) is 3.06. The largest absolute Gasteiger partial charge is 0.464 e. The van der Waals surface area contributed by atoms with Gasteiger partial charge in [-0.25, -0.2) is 9.78 Å². The summed E-state index contributed by atoms with van der Waals surface area (Å²) in [6.07, 6.45) is 5.28. The van der Waals surface area contributed by atoms with Gasteiger partial charge in [0.2, 0.25) is 0 Å². The Bertz CT molecular complexity index is 793. The van der Waals surface area contributed by atoms with Gasteiger partial charge in [0, 0.05) is 4.88 Å². The molecule has 0 spiro atoms. The number of aromatic nitrogens is 2. The van der Waals surface area contributed by atoms with Crippen LogP contribution in [-0.4, -0.2) is 22.1 Å². The maximum absolute atomic E-state index is 12.9. The third-order valence-corrected chi connectivity index (χ3v) is 5.61. The standard InChI is InChI=1S/C17H22N2O3S/c1-4-7-22-17(21)11(3)19-9-18-15-14(16(19)20)12-6-5-10(2)8-13(12)23-15/h9-11H,4-8H2,1-3H3/t10-,11-/m1/s1. The van der Waals surface area contributed by atoms with Crippen LogP contribution in [0.5, 0.6) is 0 Å². The number of rotatable bonds is 4. The molecule has 2 aromatic rings. The van der Waals surface area contributed by atoms with Crippen molar-refractivity contribution in [2.75, 3.05) is 6.61 Å². The lowest BCUT2D eigenvalue weighted by Gasteiger charge is -2.18. The molecule has 2 aromatic heterocycles. The smallest absolute Gasteiger partial charge is 0.328 e. The van der Waals surface area contributed by atoms with Crippen molar-refractivity contribution >= 4 is 27.5 Å². The van der Waals surface area contributed by atoms with E-state index in [0.29, 0.717) is 17.9 Å². The third kappa shape index (κ3) is 2.92. The summed E-state index contributed by atoms with van der Waals surface area (Å²) in [5.74, 6) is 0.272. The first kappa shape index (κ1) is 16.2. The highest BCUT2D eigenvalue weighted by Crippen LogP contribution is 2.35. The van der Waals surface area contributed by atoms with Crippen LogP contribution in [0.4, 0.5) is 0 Å². The van der Waals surface area contributed by atoms with Crippen molar-refractivity contribution in [3.8, 4) is 0 Å². The second kappa shape index (κ2) is 6.43. The predicted molar refractivity (Wildman–Crippen MR) is 91.0 cm³/mol. The minimum Gasteiger partial charge on any atom is -0.464 e. The molecule has 0 saturated carbocycles. The van der Waals surface area contributed by atoms with Crippen molar-refractivity contribution in [2.45, 2.75) is 52.5 Å². The first-order valence-electron chi connectivity index (χ1n) is 8.21. The van der Waals surface area contributed by atoms with Gasteiger partial charge in [-0.05, 0) is 44.1 Å². The molecule has 0 radical (unpaired) electrons. The Labute approximate surface area is 139 Å². The van der Waals surface area contributed by atoms with E-state index in [1.165, 1.54) is 15.8 Å². The van der Waals surface area contributed by atoms with Gasteiger partial charge in [-0.1, -0.05) is 13.8 Å². The summed E-state index contributed by atoms with van der Waals surface area (Å²) < 4.78 is 6.57. The van der Waals surface area contributed by atoms with Crippen LogP contribution in [0.1, 0.15) is 50.1 Å². The molecule has 0 aliphatic heterocycles. The zero-order valence-corrected chi connectivity index (χ0v) is 14.6. The average Bonchev–Trinajstić information content (AvgIpc) is 2.90. The number of ether oxygens (including phenoxy) is 1. The monoisotopic (exact) mass is 334 g/mol. The minimum atomic E-state index is -0.649. The first-order chi connectivity index (χ1) is 11.0. The van der Waals surface area contributed by atoms with Crippen LogP contribution in [0.25, 0.3) is 10.2 Å². The molecule has 0 aromatic carbocycles. The Morgan fingerprint density at radius 1 is 1.57 bits per heavy atom. The molecule has 2 heterocycles. The van der Waals surface area contributed by atoms with E-state index >= 15 is 0 Å². The second-order valence-electron chi connectivity index (χ2n) is 6.33. The maximum atomic E-state index is 12.9. The highest BCUT2D eigenvalue weighted by atomic mass is 32.1. The third-order valence-electron chi connectivity index (χ3n) is 4.45. The number of carbonyl (C=O) groups is 1. The molecule has 1 aliphatic rings. The lowest BCUT2D eigenvalue weighted by Crippen LogP contribution is -2.30. The lowest BCUT2D eigenvalue weighted by molar-refractivity contribution is -0.147. The molecule has 124 valence electrons. The van der Waals surface area contributed by atoms with Crippen LogP contribution in [0, 0.1) is 5.92 Å². The maximum Gasteiger partial charge on any atom is 0.328 e. The van der Waals surface area contributed by atoms with Crippen LogP contribution in [0.15, 0.2) is 11.1 Å². The number of esters is 1. The fourth-order valence-corrected chi connectivity index (χ4v) is 4.40. The molecular weight excluding hydrogens is 312 g/mol. The topological polar surface area (TPSA) is 61.2 Å². The minimum absolute atomic E-state index is 0.122. The number of nitrogens with zero attached hydrogens (tertiary/aromatic N) is 2. The highest BCUT2D eigenvalue weighted by molar-refractivity contribution is 7.18. The van der Waals surface area contributed by atoms with Crippen molar-refractivity contribution in [2.24, 2.45) is 5.92 Å². The zero-order valence-electron chi connectivity index (χ0n) is 13.8. The summed E-state index contributed by atoms with van der Waals surface area (Å²) in [6.45, 7) is 6.24. The van der Waals surface area contributed by atoms with E-state index in [0.717, 1.165) is 36.1 Å². The highest BCUT2D eigenvalue weighted by Gasteiger charge is 2.25. The molecule has 0 unspecified atom stereocenters. The van der Waals surface area contributed by atoms with Crippen molar-refractivity contribution in [1.29, 1.82) is 0 Å². The van der Waals surface area contributed by atoms with Gasteiger partial charge in [0.25, 0.3) is 5.56 Å². The molecule has 3 rings (SSSR count). The van der Waals surface area contributed by atoms with Gasteiger partial charge >= 0.3 is 5.97 Å². The van der Waals surface area contributed by atoms with Gasteiger partial charge < -0.3 is 4.74 Å². The summed E-state index contributed by atoms with van der Waals surface area (Å²) in [6, 6.07) is -0.649. The molecule has 1 aliphatic carbocycles. The normalized spacial score (nSPS) is 18.7. The van der Waals surface area contributed by atoms with Crippen LogP contribution in [0.2, 0.25) is 0 Å². The second-order valence-corrected chi connectivity index (χ2v) is 7.42. The molecule has 6 heteroatoms. The molecule has 0 bridgehead atoms. The molecular formula is C17H22N2O3S. The fraction of sp³-hybridized carbons (Fsp3) is 0.588. The molecule has 5 nitrogen and oxygen atoms in total. The number of carbonyl (C=O) groups excluding carboxylic acids is 1. The van der Waals surface area contributed by atoms with Gasteiger partial charge in [0.05, 0.1) is 18.3 Å². The first-order valence-corrected chi connectivity index (χ1v) is 9.02. The van der Waals surface area contributed by atoms with E-state index in [1.807, 2.05) is 6.92 Å². The lowest BCUT2D eigenvalue weighted by atomic mass is 9.89. The van der Waals surface area contributed by atoms with Crippen molar-refractivity contribution in [3.63, 3.8) is 0 Å². The summed E-state index contributed by atoms with van der Waals surface area (Å²) in [4.78, 5) is 31.4. The van der Waals surface area contributed by atoms with E-state index in [-0.39, 0.29) is 11.5 Å². The van der Waals surface area contributed by atoms with E-state index in [9.17, 15) is 9.59 Å². The van der Waals surface area contributed by atoms with Gasteiger partial charge in [-0.2, -0.15) is 0 Å². The van der Waals surface area contributed by atoms with E-state index in [1.54, 1.807) is 18.3 Å².